The van der Waals surface area contributed by atoms with E-state index in [0.717, 1.165) is 45.7 Å². The van der Waals surface area contributed by atoms with E-state index in [9.17, 15) is 9.90 Å². The van der Waals surface area contributed by atoms with Crippen LogP contribution in [0.3, 0.4) is 0 Å². The molecular weight excluding hydrogens is 338 g/mol. The van der Waals surface area contributed by atoms with E-state index in [4.69, 9.17) is 4.74 Å². The molecule has 132 valence electrons. The van der Waals surface area contributed by atoms with Gasteiger partial charge in [-0.3, -0.25) is 9.89 Å². The van der Waals surface area contributed by atoms with Gasteiger partial charge in [0.05, 0.1) is 22.9 Å². The number of hydrogen-bond acceptors (Lipinski definition) is 5. The van der Waals surface area contributed by atoms with E-state index in [1.165, 1.54) is 11.3 Å². The van der Waals surface area contributed by atoms with Crippen molar-refractivity contribution in [3.05, 3.63) is 33.5 Å². The zero-order valence-electron chi connectivity index (χ0n) is 14.5. The molecule has 0 saturated heterocycles. The Balaban J connectivity index is 2.11. The third-order valence-corrected chi connectivity index (χ3v) is 6.24. The minimum atomic E-state index is -1.07. The van der Waals surface area contributed by atoms with Crippen molar-refractivity contribution in [3.8, 4) is 16.2 Å². The first-order valence-corrected chi connectivity index (χ1v) is 9.33. The van der Waals surface area contributed by atoms with Gasteiger partial charge in [0.15, 0.2) is 0 Å². The zero-order chi connectivity index (χ0) is 17.8. The number of aromatic nitrogens is 3. The maximum absolute atomic E-state index is 12.8. The Hall–Kier alpha value is -2.12. The van der Waals surface area contributed by atoms with E-state index in [1.54, 1.807) is 6.92 Å². The van der Waals surface area contributed by atoms with Gasteiger partial charge in [0.2, 0.25) is 0 Å². The Morgan fingerprint density at radius 2 is 2.28 bits per heavy atom. The van der Waals surface area contributed by atoms with Crippen molar-refractivity contribution in [1.29, 1.82) is 0 Å². The van der Waals surface area contributed by atoms with Crippen molar-refractivity contribution in [1.82, 2.24) is 15.2 Å². The van der Waals surface area contributed by atoms with Crippen LogP contribution in [0.15, 0.2) is 11.0 Å². The van der Waals surface area contributed by atoms with Gasteiger partial charge in [0, 0.05) is 17.1 Å². The molecule has 0 bridgehead atoms. The number of pyridine rings is 1. The van der Waals surface area contributed by atoms with Gasteiger partial charge < -0.3 is 14.8 Å². The number of aromatic amines is 2. The molecule has 3 aromatic heterocycles. The fourth-order valence-electron chi connectivity index (χ4n) is 3.43. The number of aryl methyl sites for hydroxylation is 2. The monoisotopic (exact) mass is 359 g/mol. The first-order chi connectivity index (χ1) is 11.9. The first-order valence-electron chi connectivity index (χ1n) is 8.52. The number of hydrogen-bond donors (Lipinski definition) is 3. The van der Waals surface area contributed by atoms with Crippen LogP contribution < -0.4 is 10.3 Å². The highest BCUT2D eigenvalue weighted by molar-refractivity contribution is 7.22. The molecule has 1 atom stereocenters. The predicted molar refractivity (Wildman–Crippen MR) is 98.4 cm³/mol. The molecule has 1 aliphatic rings. The van der Waals surface area contributed by atoms with Crippen molar-refractivity contribution in [2.45, 2.75) is 45.6 Å². The summed E-state index contributed by atoms with van der Waals surface area (Å²) < 4.78 is 6.71. The molecule has 3 N–H and O–H groups in total. The number of aliphatic hydroxyl groups is 1. The molecule has 3 aromatic rings. The fraction of sp³-hybridized carbons (Fsp3) is 0.444. The minimum Gasteiger partial charge on any atom is -0.491 e. The van der Waals surface area contributed by atoms with Gasteiger partial charge in [0.25, 0.3) is 5.56 Å². The van der Waals surface area contributed by atoms with Crippen LogP contribution in [-0.2, 0) is 12.0 Å². The van der Waals surface area contributed by atoms with Gasteiger partial charge in [-0.1, -0.05) is 6.92 Å². The third-order valence-electron chi connectivity index (χ3n) is 5.03. The predicted octanol–water partition coefficient (Wildman–Crippen LogP) is 3.23. The molecule has 1 aliphatic heterocycles. The second-order valence-electron chi connectivity index (χ2n) is 6.74. The fourth-order valence-corrected chi connectivity index (χ4v) is 4.67. The quantitative estimate of drug-likeness (QED) is 0.669. The van der Waals surface area contributed by atoms with Crippen LogP contribution in [0.4, 0.5) is 0 Å². The van der Waals surface area contributed by atoms with E-state index >= 15 is 0 Å². The minimum absolute atomic E-state index is 0.174. The van der Waals surface area contributed by atoms with Gasteiger partial charge in [-0.2, -0.15) is 5.10 Å². The molecule has 0 amide bonds. The number of nitrogens with one attached hydrogen (secondary N) is 2. The molecule has 4 heterocycles. The molecule has 0 aromatic carbocycles. The van der Waals surface area contributed by atoms with Crippen LogP contribution in [-0.4, -0.2) is 26.9 Å². The lowest BCUT2D eigenvalue weighted by Crippen LogP contribution is -2.27. The van der Waals surface area contributed by atoms with Crippen LogP contribution in [0.1, 0.15) is 43.6 Å². The first kappa shape index (κ1) is 16.4. The number of H-pyrrole nitrogens is 2. The lowest BCUT2D eigenvalue weighted by molar-refractivity contribution is 0.0475. The lowest BCUT2D eigenvalue weighted by atomic mass is 9.91. The average Bonchev–Trinajstić information content (AvgIpc) is 3.09. The summed E-state index contributed by atoms with van der Waals surface area (Å²) in [5.74, 6) is 0.747. The normalized spacial score (nSPS) is 16.5. The Morgan fingerprint density at radius 1 is 1.48 bits per heavy atom. The third kappa shape index (κ3) is 2.41. The SMILES string of the molecule is CC[C@](C)(O)c1[nH]c(=O)c2sc(-c3c[nH]nc3C)c3c2c1CCCO3. The number of thiophene rings is 1. The maximum atomic E-state index is 12.8. The van der Waals surface area contributed by atoms with E-state index in [1.807, 2.05) is 20.0 Å². The number of nitrogens with zero attached hydrogens (tertiary/aromatic N) is 1. The lowest BCUT2D eigenvalue weighted by Gasteiger charge is -2.24. The molecule has 0 fully saturated rings. The summed E-state index contributed by atoms with van der Waals surface area (Å²) in [4.78, 5) is 16.6. The summed E-state index contributed by atoms with van der Waals surface area (Å²) in [5.41, 5.74) is 2.19. The van der Waals surface area contributed by atoms with E-state index in [0.29, 0.717) is 23.4 Å². The van der Waals surface area contributed by atoms with Crippen LogP contribution in [0.25, 0.3) is 20.5 Å². The van der Waals surface area contributed by atoms with Crippen molar-refractivity contribution >= 4 is 21.4 Å². The van der Waals surface area contributed by atoms with Crippen molar-refractivity contribution in [2.75, 3.05) is 6.61 Å². The van der Waals surface area contributed by atoms with Crippen LogP contribution in [0, 0.1) is 6.92 Å². The molecule has 25 heavy (non-hydrogen) atoms. The molecule has 6 nitrogen and oxygen atoms in total. The molecule has 0 saturated carbocycles. The summed E-state index contributed by atoms with van der Waals surface area (Å²) in [6.45, 7) is 6.18. The summed E-state index contributed by atoms with van der Waals surface area (Å²) in [6.07, 6.45) is 3.97. The Labute approximate surface area is 148 Å². The van der Waals surface area contributed by atoms with Crippen molar-refractivity contribution in [2.24, 2.45) is 0 Å². The summed E-state index contributed by atoms with van der Waals surface area (Å²) >= 11 is 1.43. The summed E-state index contributed by atoms with van der Waals surface area (Å²) in [7, 11) is 0. The van der Waals surface area contributed by atoms with Crippen LogP contribution in [0.2, 0.25) is 0 Å². The highest BCUT2D eigenvalue weighted by atomic mass is 32.1. The Morgan fingerprint density at radius 3 is 2.96 bits per heavy atom. The van der Waals surface area contributed by atoms with Gasteiger partial charge in [0.1, 0.15) is 16.1 Å². The van der Waals surface area contributed by atoms with Crippen molar-refractivity contribution in [3.63, 3.8) is 0 Å². The summed E-state index contributed by atoms with van der Waals surface area (Å²) in [5, 5.41) is 18.7. The average molecular weight is 359 g/mol. The molecule has 0 aliphatic carbocycles. The molecular formula is C18H21N3O3S. The molecule has 7 heteroatoms. The van der Waals surface area contributed by atoms with E-state index in [2.05, 4.69) is 15.2 Å². The second-order valence-corrected chi connectivity index (χ2v) is 7.76. The number of ether oxygens (including phenoxy) is 1. The van der Waals surface area contributed by atoms with Gasteiger partial charge >= 0.3 is 0 Å². The Kier molecular flexibility index (Phi) is 3.73. The molecule has 0 spiro atoms. The highest BCUT2D eigenvalue weighted by Gasteiger charge is 2.31. The summed E-state index contributed by atoms with van der Waals surface area (Å²) in [6, 6.07) is 0. The Bertz CT molecular complexity index is 1010. The molecule has 0 radical (unpaired) electrons. The van der Waals surface area contributed by atoms with Gasteiger partial charge in [-0.15, -0.1) is 11.3 Å². The topological polar surface area (TPSA) is 91.0 Å². The van der Waals surface area contributed by atoms with Crippen LogP contribution >= 0.6 is 11.3 Å². The van der Waals surface area contributed by atoms with Gasteiger partial charge in [-0.05, 0) is 38.7 Å². The van der Waals surface area contributed by atoms with E-state index in [-0.39, 0.29) is 5.56 Å². The zero-order valence-corrected chi connectivity index (χ0v) is 15.3. The van der Waals surface area contributed by atoms with Crippen molar-refractivity contribution < 1.29 is 9.84 Å². The maximum Gasteiger partial charge on any atom is 0.266 e. The smallest absolute Gasteiger partial charge is 0.266 e. The van der Waals surface area contributed by atoms with Crippen LogP contribution in [0.5, 0.6) is 5.75 Å². The van der Waals surface area contributed by atoms with E-state index < -0.39 is 5.60 Å². The standard InChI is InChI=1S/C18H21N3O3S/c1-4-18(3,23)16-10-6-5-7-24-13-12(10)15(17(22)20-16)25-14(13)11-8-19-21-9(11)2/h8,23H,4-7H2,1-3H3,(H,19,21)(H,20,22)/t18-/m0/s1. The second kappa shape index (κ2) is 5.71. The largest absolute Gasteiger partial charge is 0.491 e. The molecule has 0 unspecified atom stereocenters. The van der Waals surface area contributed by atoms with Gasteiger partial charge in [-0.25, -0.2) is 0 Å². The highest BCUT2D eigenvalue weighted by Crippen LogP contribution is 2.47. The molecule has 4 rings (SSSR count). The number of rotatable bonds is 3.